The number of rotatable bonds is 3. The number of carbonyl (C=O) groups excluding carboxylic acids is 1. The Bertz CT molecular complexity index is 625. The Balaban J connectivity index is 1.72. The van der Waals surface area contributed by atoms with Crippen LogP contribution in [0, 0.1) is 0 Å². The zero-order valence-corrected chi connectivity index (χ0v) is 11.5. The van der Waals surface area contributed by atoms with Crippen LogP contribution in [0.25, 0.3) is 0 Å². The predicted molar refractivity (Wildman–Crippen MR) is 79.7 cm³/mol. The van der Waals surface area contributed by atoms with E-state index in [0.29, 0.717) is 6.54 Å². The molecule has 2 aromatic rings. The van der Waals surface area contributed by atoms with E-state index in [1.807, 2.05) is 35.2 Å². The third-order valence-corrected chi connectivity index (χ3v) is 3.55. The number of nitrogens with one attached hydrogen (secondary N) is 1. The number of anilines is 2. The Morgan fingerprint density at radius 1 is 1.35 bits per heavy atom. The largest absolute Gasteiger partial charge is 0.379 e. The summed E-state index contributed by atoms with van der Waals surface area (Å²) in [5.74, 6) is 0.109. The fourth-order valence-corrected chi connectivity index (χ4v) is 2.53. The molecule has 1 aliphatic heterocycles. The molecule has 4 heteroatoms. The number of hydrogen-bond acceptors (Lipinski definition) is 3. The lowest BCUT2D eigenvalue weighted by Crippen LogP contribution is -2.25. The van der Waals surface area contributed by atoms with Crippen molar-refractivity contribution in [1.29, 1.82) is 0 Å². The summed E-state index contributed by atoms with van der Waals surface area (Å²) in [5.41, 5.74) is 4.35. The average Bonchev–Trinajstić information content (AvgIpc) is 2.89. The van der Waals surface area contributed by atoms with Gasteiger partial charge in [-0.05, 0) is 42.3 Å². The molecule has 20 heavy (non-hydrogen) atoms. The lowest BCUT2D eigenvalue weighted by atomic mass is 10.1. The van der Waals surface area contributed by atoms with Gasteiger partial charge in [0.2, 0.25) is 5.91 Å². The van der Waals surface area contributed by atoms with Gasteiger partial charge in [-0.3, -0.25) is 9.78 Å². The molecule has 3 rings (SSSR count). The van der Waals surface area contributed by atoms with Crippen molar-refractivity contribution in [3.8, 4) is 0 Å². The van der Waals surface area contributed by atoms with Crippen molar-refractivity contribution in [3.05, 3.63) is 53.9 Å². The van der Waals surface area contributed by atoms with E-state index in [1.165, 1.54) is 5.56 Å². The molecule has 0 bridgehead atoms. The van der Waals surface area contributed by atoms with E-state index in [2.05, 4.69) is 16.4 Å². The number of pyridine rings is 1. The molecular weight excluding hydrogens is 250 g/mol. The fraction of sp³-hybridized carbons (Fsp3) is 0.250. The molecule has 1 aliphatic rings. The van der Waals surface area contributed by atoms with Gasteiger partial charge in [0.05, 0.1) is 12.2 Å². The second kappa shape index (κ2) is 5.33. The van der Waals surface area contributed by atoms with Crippen LogP contribution in [-0.2, 0) is 17.8 Å². The Kier molecular flexibility index (Phi) is 3.37. The van der Waals surface area contributed by atoms with Crippen molar-refractivity contribution >= 4 is 17.3 Å². The zero-order valence-electron chi connectivity index (χ0n) is 11.5. The van der Waals surface area contributed by atoms with Gasteiger partial charge in [0.15, 0.2) is 0 Å². The number of carbonyl (C=O) groups is 1. The lowest BCUT2D eigenvalue weighted by molar-refractivity contribution is -0.116. The first kappa shape index (κ1) is 12.7. The number of aromatic nitrogens is 1. The average molecular weight is 267 g/mol. The Labute approximate surface area is 118 Å². The van der Waals surface area contributed by atoms with Crippen molar-refractivity contribution in [2.24, 2.45) is 0 Å². The van der Waals surface area contributed by atoms with Crippen molar-refractivity contribution in [2.45, 2.75) is 19.9 Å². The van der Waals surface area contributed by atoms with E-state index < -0.39 is 0 Å². The number of fused-ring (bicyclic) bond motifs is 1. The maximum Gasteiger partial charge on any atom is 0.223 e. The first-order chi connectivity index (χ1) is 9.74. The summed E-state index contributed by atoms with van der Waals surface area (Å²) in [6.07, 6.45) is 2.72. The van der Waals surface area contributed by atoms with Crippen molar-refractivity contribution in [1.82, 2.24) is 4.98 Å². The molecule has 102 valence electrons. The summed E-state index contributed by atoms with van der Waals surface area (Å²) in [7, 11) is 0. The van der Waals surface area contributed by atoms with Crippen LogP contribution in [0.3, 0.4) is 0 Å². The van der Waals surface area contributed by atoms with E-state index in [1.54, 1.807) is 13.1 Å². The highest BCUT2D eigenvalue weighted by atomic mass is 16.2. The second-order valence-corrected chi connectivity index (χ2v) is 4.94. The molecule has 0 atom stereocenters. The van der Waals surface area contributed by atoms with Gasteiger partial charge in [-0.1, -0.05) is 6.07 Å². The maximum atomic E-state index is 11.5. The SMILES string of the molecule is CC(=O)N1CCc2cc(NCc3ccccn3)ccc21. The molecule has 1 aromatic carbocycles. The fourth-order valence-electron chi connectivity index (χ4n) is 2.53. The number of amides is 1. The summed E-state index contributed by atoms with van der Waals surface area (Å²) in [5, 5.41) is 3.37. The quantitative estimate of drug-likeness (QED) is 0.929. The minimum Gasteiger partial charge on any atom is -0.379 e. The molecular formula is C16H17N3O. The molecule has 0 saturated carbocycles. The van der Waals surface area contributed by atoms with E-state index in [4.69, 9.17) is 0 Å². The molecule has 1 N–H and O–H groups in total. The monoisotopic (exact) mass is 267 g/mol. The summed E-state index contributed by atoms with van der Waals surface area (Å²) in [4.78, 5) is 17.6. The highest BCUT2D eigenvalue weighted by Gasteiger charge is 2.21. The first-order valence-corrected chi connectivity index (χ1v) is 6.79. The number of benzene rings is 1. The Hall–Kier alpha value is -2.36. The van der Waals surface area contributed by atoms with Crippen LogP contribution in [0.4, 0.5) is 11.4 Å². The van der Waals surface area contributed by atoms with Crippen molar-refractivity contribution in [3.63, 3.8) is 0 Å². The number of hydrogen-bond donors (Lipinski definition) is 1. The van der Waals surface area contributed by atoms with Crippen LogP contribution in [0.15, 0.2) is 42.6 Å². The third-order valence-electron chi connectivity index (χ3n) is 3.55. The standard InChI is InChI=1S/C16H17N3O/c1-12(20)19-9-7-13-10-14(5-6-16(13)19)18-11-15-4-2-3-8-17-15/h2-6,8,10,18H,7,9,11H2,1H3. The molecule has 0 fully saturated rings. The van der Waals surface area contributed by atoms with Gasteiger partial charge in [0.1, 0.15) is 0 Å². The molecule has 0 unspecified atom stereocenters. The van der Waals surface area contributed by atoms with Crippen LogP contribution in [0.2, 0.25) is 0 Å². The van der Waals surface area contributed by atoms with Gasteiger partial charge in [-0.2, -0.15) is 0 Å². The van der Waals surface area contributed by atoms with Gasteiger partial charge in [0.25, 0.3) is 0 Å². The van der Waals surface area contributed by atoms with E-state index in [9.17, 15) is 4.79 Å². The molecule has 0 spiro atoms. The van der Waals surface area contributed by atoms with Gasteiger partial charge < -0.3 is 10.2 Å². The van der Waals surface area contributed by atoms with Gasteiger partial charge in [-0.25, -0.2) is 0 Å². The topological polar surface area (TPSA) is 45.2 Å². The maximum absolute atomic E-state index is 11.5. The van der Waals surface area contributed by atoms with Gasteiger partial charge >= 0.3 is 0 Å². The molecule has 0 aliphatic carbocycles. The zero-order chi connectivity index (χ0) is 13.9. The molecule has 0 saturated heterocycles. The normalized spacial score (nSPS) is 13.2. The molecule has 0 radical (unpaired) electrons. The van der Waals surface area contributed by atoms with Crippen LogP contribution >= 0.6 is 0 Å². The number of nitrogens with zero attached hydrogens (tertiary/aromatic N) is 2. The summed E-state index contributed by atoms with van der Waals surface area (Å²) >= 11 is 0. The smallest absolute Gasteiger partial charge is 0.223 e. The summed E-state index contributed by atoms with van der Waals surface area (Å²) < 4.78 is 0. The highest BCUT2D eigenvalue weighted by molar-refractivity contribution is 5.94. The summed E-state index contributed by atoms with van der Waals surface area (Å²) in [6.45, 7) is 3.10. The van der Waals surface area contributed by atoms with Crippen molar-refractivity contribution in [2.75, 3.05) is 16.8 Å². The minimum atomic E-state index is 0.109. The predicted octanol–water partition coefficient (Wildman–Crippen LogP) is 2.60. The molecule has 4 nitrogen and oxygen atoms in total. The third kappa shape index (κ3) is 2.50. The second-order valence-electron chi connectivity index (χ2n) is 4.94. The Morgan fingerprint density at radius 2 is 2.25 bits per heavy atom. The molecule has 1 aromatic heterocycles. The summed E-state index contributed by atoms with van der Waals surface area (Å²) in [6, 6.07) is 12.1. The van der Waals surface area contributed by atoms with Gasteiger partial charge in [-0.15, -0.1) is 0 Å². The lowest BCUT2D eigenvalue weighted by Gasteiger charge is -2.15. The van der Waals surface area contributed by atoms with Crippen LogP contribution in [-0.4, -0.2) is 17.4 Å². The van der Waals surface area contributed by atoms with Crippen molar-refractivity contribution < 1.29 is 4.79 Å². The van der Waals surface area contributed by atoms with Crippen LogP contribution < -0.4 is 10.2 Å². The first-order valence-electron chi connectivity index (χ1n) is 6.79. The van der Waals surface area contributed by atoms with Crippen LogP contribution in [0.5, 0.6) is 0 Å². The van der Waals surface area contributed by atoms with E-state index in [0.717, 1.165) is 30.0 Å². The molecule has 1 amide bonds. The Morgan fingerprint density at radius 3 is 3.00 bits per heavy atom. The van der Waals surface area contributed by atoms with Gasteiger partial charge in [0, 0.05) is 31.0 Å². The minimum absolute atomic E-state index is 0.109. The molecule has 2 heterocycles. The van der Waals surface area contributed by atoms with E-state index in [-0.39, 0.29) is 5.91 Å². The van der Waals surface area contributed by atoms with Crippen LogP contribution in [0.1, 0.15) is 18.2 Å². The highest BCUT2D eigenvalue weighted by Crippen LogP contribution is 2.30. The van der Waals surface area contributed by atoms with E-state index >= 15 is 0 Å².